The van der Waals surface area contributed by atoms with Gasteiger partial charge in [0.1, 0.15) is 24.4 Å². The summed E-state index contributed by atoms with van der Waals surface area (Å²) in [6.07, 6.45) is -4.35. The maximum absolute atomic E-state index is 10.9. The van der Waals surface area contributed by atoms with Crippen molar-refractivity contribution >= 4 is 5.91 Å². The van der Waals surface area contributed by atoms with Gasteiger partial charge in [-0.3, -0.25) is 4.79 Å². The van der Waals surface area contributed by atoms with Crippen LogP contribution in [0.15, 0.2) is 0 Å². The fourth-order valence-corrected chi connectivity index (χ4v) is 1.67. The maximum atomic E-state index is 10.9. The fourth-order valence-electron chi connectivity index (χ4n) is 1.67. The summed E-state index contributed by atoms with van der Waals surface area (Å²) in [6, 6.07) is -0.861. The van der Waals surface area contributed by atoms with Crippen LogP contribution in [0.4, 0.5) is 0 Å². The lowest BCUT2D eigenvalue weighted by atomic mass is 9.97. The zero-order chi connectivity index (χ0) is 12.3. The second-order valence-electron chi connectivity index (χ2n) is 3.67. The van der Waals surface area contributed by atoms with Gasteiger partial charge in [0.25, 0.3) is 0 Å². The molecule has 1 heterocycles. The van der Waals surface area contributed by atoms with Gasteiger partial charge in [-0.15, -0.1) is 0 Å². The second-order valence-corrected chi connectivity index (χ2v) is 3.67. The molecule has 0 aromatic carbocycles. The molecule has 1 saturated heterocycles. The lowest BCUT2D eigenvalue weighted by Gasteiger charge is -2.41. The summed E-state index contributed by atoms with van der Waals surface area (Å²) < 4.78 is 10.1. The molecule has 4 N–H and O–H groups in total. The lowest BCUT2D eigenvalue weighted by Crippen LogP contribution is -2.64. The highest BCUT2D eigenvalue weighted by Crippen LogP contribution is 2.21. The molecule has 0 aliphatic carbocycles. The van der Waals surface area contributed by atoms with E-state index in [1.807, 2.05) is 0 Å². The van der Waals surface area contributed by atoms with Crippen molar-refractivity contribution in [2.75, 3.05) is 13.7 Å². The standard InChI is InChI=1S/C9H17NO6/c1-4(12)10-6-8(14)7(13)5(3-11)16-9(6)15-2/h5-9,11,13-14H,3H2,1-2H3,(H,10,12)/t5-,6-,7+,8+,9-/m1/s1. The quantitative estimate of drug-likeness (QED) is 0.433. The molecule has 1 aliphatic heterocycles. The van der Waals surface area contributed by atoms with E-state index in [1.165, 1.54) is 14.0 Å². The van der Waals surface area contributed by atoms with Gasteiger partial charge in [0.05, 0.1) is 6.61 Å². The Hall–Kier alpha value is -0.730. The van der Waals surface area contributed by atoms with Crippen molar-refractivity contribution in [2.45, 2.75) is 37.6 Å². The minimum absolute atomic E-state index is 0.371. The van der Waals surface area contributed by atoms with E-state index in [1.54, 1.807) is 0 Å². The Labute approximate surface area is 93.0 Å². The fraction of sp³-hybridized carbons (Fsp3) is 0.889. The molecule has 0 bridgehead atoms. The number of aliphatic hydroxyl groups excluding tert-OH is 3. The van der Waals surface area contributed by atoms with Crippen LogP contribution in [0.2, 0.25) is 0 Å². The number of aliphatic hydroxyl groups is 3. The SMILES string of the molecule is CO[C@@H]1O[C@H](CO)[C@H](O)[C@@H](O)[C@H]1NC(C)=O. The summed E-state index contributed by atoms with van der Waals surface area (Å²) in [5.41, 5.74) is 0. The third kappa shape index (κ3) is 2.69. The van der Waals surface area contributed by atoms with E-state index in [0.29, 0.717) is 0 Å². The zero-order valence-corrected chi connectivity index (χ0v) is 9.16. The van der Waals surface area contributed by atoms with Crippen molar-refractivity contribution in [3.8, 4) is 0 Å². The molecule has 0 aromatic rings. The number of ether oxygens (including phenoxy) is 2. The number of amides is 1. The monoisotopic (exact) mass is 235 g/mol. The topological polar surface area (TPSA) is 108 Å². The number of hydrogen-bond donors (Lipinski definition) is 4. The average molecular weight is 235 g/mol. The molecule has 0 spiro atoms. The van der Waals surface area contributed by atoms with E-state index in [-0.39, 0.29) is 5.91 Å². The van der Waals surface area contributed by atoms with E-state index in [2.05, 4.69) is 5.32 Å². The molecule has 1 aliphatic rings. The van der Waals surface area contributed by atoms with Gasteiger partial charge < -0.3 is 30.1 Å². The van der Waals surface area contributed by atoms with Crippen LogP contribution in [0.5, 0.6) is 0 Å². The summed E-state index contributed by atoms with van der Waals surface area (Å²) in [4.78, 5) is 10.9. The zero-order valence-electron chi connectivity index (χ0n) is 9.16. The number of hydrogen-bond acceptors (Lipinski definition) is 6. The molecule has 0 unspecified atom stereocenters. The van der Waals surface area contributed by atoms with E-state index in [4.69, 9.17) is 14.6 Å². The largest absolute Gasteiger partial charge is 0.394 e. The summed E-state index contributed by atoms with van der Waals surface area (Å²) in [7, 11) is 1.35. The van der Waals surface area contributed by atoms with E-state index < -0.39 is 37.3 Å². The second kappa shape index (κ2) is 5.55. The lowest BCUT2D eigenvalue weighted by molar-refractivity contribution is -0.262. The van der Waals surface area contributed by atoms with Gasteiger partial charge in [0, 0.05) is 14.0 Å². The van der Waals surface area contributed by atoms with Gasteiger partial charge in [-0.1, -0.05) is 0 Å². The Morgan fingerprint density at radius 1 is 1.44 bits per heavy atom. The minimum Gasteiger partial charge on any atom is -0.394 e. The van der Waals surface area contributed by atoms with Gasteiger partial charge in [0.15, 0.2) is 6.29 Å². The first kappa shape index (κ1) is 13.3. The number of methoxy groups -OCH3 is 1. The Bertz CT molecular complexity index is 246. The Kier molecular flexibility index (Phi) is 4.63. The summed E-state index contributed by atoms with van der Waals surface area (Å²) in [5, 5.41) is 30.7. The molecule has 94 valence electrons. The number of nitrogens with one attached hydrogen (secondary N) is 1. The van der Waals surface area contributed by atoms with Gasteiger partial charge in [-0.25, -0.2) is 0 Å². The van der Waals surface area contributed by atoms with Crippen LogP contribution < -0.4 is 5.32 Å². The predicted octanol–water partition coefficient (Wildman–Crippen LogP) is -2.42. The highest BCUT2D eigenvalue weighted by molar-refractivity contribution is 5.73. The smallest absolute Gasteiger partial charge is 0.217 e. The van der Waals surface area contributed by atoms with E-state index >= 15 is 0 Å². The molecular formula is C9H17NO6. The van der Waals surface area contributed by atoms with Crippen molar-refractivity contribution in [1.82, 2.24) is 5.32 Å². The van der Waals surface area contributed by atoms with E-state index in [9.17, 15) is 15.0 Å². The van der Waals surface area contributed by atoms with Crippen LogP contribution in [0.3, 0.4) is 0 Å². The van der Waals surface area contributed by atoms with Crippen molar-refractivity contribution in [1.29, 1.82) is 0 Å². The Balaban J connectivity index is 2.77. The van der Waals surface area contributed by atoms with Crippen molar-refractivity contribution in [2.24, 2.45) is 0 Å². The van der Waals surface area contributed by atoms with Gasteiger partial charge in [0.2, 0.25) is 5.91 Å². The predicted molar refractivity (Wildman–Crippen MR) is 52.4 cm³/mol. The highest BCUT2D eigenvalue weighted by Gasteiger charge is 2.44. The van der Waals surface area contributed by atoms with Crippen LogP contribution in [0.1, 0.15) is 6.92 Å². The first-order chi connectivity index (χ1) is 7.51. The van der Waals surface area contributed by atoms with Crippen molar-refractivity contribution in [3.05, 3.63) is 0 Å². The van der Waals surface area contributed by atoms with Gasteiger partial charge in [-0.2, -0.15) is 0 Å². The first-order valence-electron chi connectivity index (χ1n) is 4.93. The highest BCUT2D eigenvalue weighted by atomic mass is 16.7. The third-order valence-electron chi connectivity index (χ3n) is 2.48. The van der Waals surface area contributed by atoms with Crippen LogP contribution in [-0.2, 0) is 14.3 Å². The van der Waals surface area contributed by atoms with Crippen LogP contribution in [0.25, 0.3) is 0 Å². The molecule has 1 amide bonds. The molecule has 1 rings (SSSR count). The van der Waals surface area contributed by atoms with Gasteiger partial charge >= 0.3 is 0 Å². The summed E-state index contributed by atoms with van der Waals surface area (Å²) in [6.45, 7) is 0.842. The normalized spacial score (nSPS) is 39.4. The molecule has 16 heavy (non-hydrogen) atoms. The molecular weight excluding hydrogens is 218 g/mol. The van der Waals surface area contributed by atoms with Crippen LogP contribution in [0, 0.1) is 0 Å². The number of carbonyl (C=O) groups excluding carboxylic acids is 1. The first-order valence-corrected chi connectivity index (χ1v) is 4.93. The average Bonchev–Trinajstić information content (AvgIpc) is 2.25. The number of carbonyl (C=O) groups is 1. The van der Waals surface area contributed by atoms with Crippen LogP contribution in [-0.4, -0.2) is 65.6 Å². The molecule has 0 aromatic heterocycles. The number of rotatable bonds is 3. The Morgan fingerprint density at radius 2 is 2.06 bits per heavy atom. The molecule has 1 fully saturated rings. The van der Waals surface area contributed by atoms with Crippen molar-refractivity contribution in [3.63, 3.8) is 0 Å². The summed E-state index contributed by atoms with van der Waals surface area (Å²) >= 11 is 0. The minimum atomic E-state index is -1.27. The summed E-state index contributed by atoms with van der Waals surface area (Å²) in [5.74, 6) is -0.371. The maximum Gasteiger partial charge on any atom is 0.217 e. The Morgan fingerprint density at radius 3 is 2.50 bits per heavy atom. The molecule has 0 saturated carbocycles. The van der Waals surface area contributed by atoms with Crippen LogP contribution >= 0.6 is 0 Å². The molecule has 5 atom stereocenters. The van der Waals surface area contributed by atoms with E-state index in [0.717, 1.165) is 0 Å². The van der Waals surface area contributed by atoms with Crippen molar-refractivity contribution < 1.29 is 29.6 Å². The van der Waals surface area contributed by atoms with Gasteiger partial charge in [-0.05, 0) is 0 Å². The molecule has 7 nitrogen and oxygen atoms in total. The molecule has 0 radical (unpaired) electrons. The molecule has 7 heteroatoms. The third-order valence-corrected chi connectivity index (χ3v) is 2.48.